The second-order valence-corrected chi connectivity index (χ2v) is 18.2. The van der Waals surface area contributed by atoms with Gasteiger partial charge in [-0.2, -0.15) is 13.2 Å². The number of halogens is 3. The zero-order chi connectivity index (χ0) is 58.7. The fourth-order valence-corrected chi connectivity index (χ4v) is 7.16. The molecule has 1 saturated heterocycles. The number of carbonyl (C=O) groups excluding carboxylic acids is 10. The summed E-state index contributed by atoms with van der Waals surface area (Å²) in [5.74, 6) is -12.3. The number of hydrogen-bond acceptors (Lipinski definition) is 17. The van der Waals surface area contributed by atoms with Crippen LogP contribution in [0.2, 0.25) is 0 Å². The number of rotatable bonds is 18. The van der Waals surface area contributed by atoms with Crippen molar-refractivity contribution in [2.24, 2.45) is 23.1 Å². The van der Waals surface area contributed by atoms with Crippen molar-refractivity contribution in [2.75, 3.05) is 32.8 Å². The molecule has 434 valence electrons. The highest BCUT2D eigenvalue weighted by Crippen LogP contribution is 2.14. The van der Waals surface area contributed by atoms with E-state index in [1.165, 1.54) is 13.8 Å². The number of benzene rings is 1. The van der Waals surface area contributed by atoms with E-state index in [9.17, 15) is 76.4 Å². The highest BCUT2D eigenvalue weighted by atomic mass is 19.4. The van der Waals surface area contributed by atoms with Gasteiger partial charge in [0.05, 0.1) is 18.8 Å². The van der Waals surface area contributed by atoms with Crippen LogP contribution in [-0.4, -0.2) is 191 Å². The summed E-state index contributed by atoms with van der Waals surface area (Å²) in [4.78, 5) is 145. The lowest BCUT2D eigenvalue weighted by Gasteiger charge is -2.28. The molecule has 0 aromatic heterocycles. The zero-order valence-corrected chi connectivity index (χ0v) is 43.2. The normalized spacial score (nSPS) is 23.2. The fraction of sp³-hybridized carbons (Fsp3) is 0.630. The Labute approximate surface area is 441 Å². The van der Waals surface area contributed by atoms with Crippen LogP contribution in [0.4, 0.5) is 13.2 Å². The van der Waals surface area contributed by atoms with Crippen LogP contribution in [0.5, 0.6) is 0 Å². The Hall–Kier alpha value is -7.06. The zero-order valence-electron chi connectivity index (χ0n) is 43.2. The van der Waals surface area contributed by atoms with Crippen LogP contribution in [0.3, 0.4) is 0 Å². The van der Waals surface area contributed by atoms with Gasteiger partial charge in [0.2, 0.25) is 59.1 Å². The Bertz CT molecular complexity index is 2160. The molecule has 11 atom stereocenters. The molecule has 0 aliphatic carbocycles. The summed E-state index contributed by atoms with van der Waals surface area (Å²) < 4.78 is 31.7. The number of carbonyl (C=O) groups is 11. The van der Waals surface area contributed by atoms with Gasteiger partial charge in [0.25, 0.3) is 0 Å². The molecule has 1 heterocycles. The first-order valence-corrected chi connectivity index (χ1v) is 24.4. The van der Waals surface area contributed by atoms with Gasteiger partial charge in [-0.15, -0.1) is 0 Å². The van der Waals surface area contributed by atoms with Crippen LogP contribution in [0, 0.1) is 5.92 Å². The molecule has 77 heavy (non-hydrogen) atoms. The molecule has 20 N–H and O–H groups in total. The first kappa shape index (κ1) is 68.0. The van der Waals surface area contributed by atoms with Crippen LogP contribution < -0.4 is 70.4 Å². The largest absolute Gasteiger partial charge is 0.490 e. The van der Waals surface area contributed by atoms with E-state index >= 15 is 0 Å². The van der Waals surface area contributed by atoms with Gasteiger partial charge in [0.15, 0.2) is 0 Å². The summed E-state index contributed by atoms with van der Waals surface area (Å²) in [6.45, 7) is 5.08. The predicted octanol–water partition coefficient (Wildman–Crippen LogP) is -6.39. The minimum Gasteiger partial charge on any atom is -0.475 e. The summed E-state index contributed by atoms with van der Waals surface area (Å²) in [5.41, 5.74) is 18.1. The van der Waals surface area contributed by atoms with Crippen LogP contribution in [0.1, 0.15) is 72.3 Å². The lowest BCUT2D eigenvalue weighted by Crippen LogP contribution is -2.61. The van der Waals surface area contributed by atoms with Crippen molar-refractivity contribution in [3.8, 4) is 0 Å². The van der Waals surface area contributed by atoms with Crippen molar-refractivity contribution in [3.63, 3.8) is 0 Å². The Morgan fingerprint density at radius 2 is 1.10 bits per heavy atom. The smallest absolute Gasteiger partial charge is 0.475 e. The summed E-state index contributed by atoms with van der Waals surface area (Å²) in [6, 6.07) is -5.08. The molecule has 1 aliphatic rings. The maximum Gasteiger partial charge on any atom is 0.490 e. The minimum atomic E-state index is -5.08. The van der Waals surface area contributed by atoms with Gasteiger partial charge < -0.3 is 90.8 Å². The monoisotopic (exact) mass is 1110 g/mol. The quantitative estimate of drug-likeness (QED) is 0.0650. The molecular formula is C46H74F3N13O15. The van der Waals surface area contributed by atoms with E-state index in [1.807, 2.05) is 0 Å². The lowest BCUT2D eigenvalue weighted by atomic mass is 10.00. The average Bonchev–Trinajstić information content (AvgIpc) is 3.34. The van der Waals surface area contributed by atoms with Gasteiger partial charge in [-0.25, -0.2) is 4.79 Å². The molecule has 1 aromatic carbocycles. The van der Waals surface area contributed by atoms with E-state index in [-0.39, 0.29) is 57.7 Å². The van der Waals surface area contributed by atoms with Gasteiger partial charge >= 0.3 is 12.1 Å². The second kappa shape index (κ2) is 33.9. The van der Waals surface area contributed by atoms with E-state index in [4.69, 9.17) is 27.1 Å². The molecule has 0 saturated carbocycles. The van der Waals surface area contributed by atoms with Gasteiger partial charge in [-0.1, -0.05) is 44.2 Å². The van der Waals surface area contributed by atoms with Crippen molar-refractivity contribution in [1.29, 1.82) is 0 Å². The van der Waals surface area contributed by atoms with Crippen LogP contribution in [0.25, 0.3) is 0 Å². The number of aliphatic hydroxyl groups excluding tert-OH is 3. The predicted molar refractivity (Wildman–Crippen MR) is 265 cm³/mol. The number of alkyl halides is 3. The van der Waals surface area contributed by atoms with E-state index in [0.29, 0.717) is 5.56 Å². The highest BCUT2D eigenvalue weighted by Gasteiger charge is 2.39. The number of carboxylic acids is 1. The van der Waals surface area contributed by atoms with E-state index in [2.05, 4.69) is 53.2 Å². The molecule has 0 unspecified atom stereocenters. The molecule has 0 spiro atoms. The van der Waals surface area contributed by atoms with E-state index in [1.54, 1.807) is 44.2 Å². The van der Waals surface area contributed by atoms with E-state index in [0.717, 1.165) is 6.92 Å². The van der Waals surface area contributed by atoms with Crippen LogP contribution in [0.15, 0.2) is 30.3 Å². The average molecular weight is 1110 g/mol. The SMILES string of the molecule is CC(=O)N[C@H](C(=O)N[C@H](CO)C(=O)N[C@H]1CCNC(=O)[C@H]([C@@H](C)O)NC(=O)[C@H](CCN)NC(=O)[C@H](CCN)NC(=O)[C@H](CC(C)C)NC(=O)[C@@H](Cc2ccccc2)NC(=O)[C@H](CCN)NC1=O)[C@@H](C)O.O=C(O)C(F)(F)F. The molecule has 1 fully saturated rings. The second-order valence-electron chi connectivity index (χ2n) is 18.2. The summed E-state index contributed by atoms with van der Waals surface area (Å²) in [5, 5.41) is 62.6. The summed E-state index contributed by atoms with van der Waals surface area (Å²) >= 11 is 0. The van der Waals surface area contributed by atoms with Crippen molar-refractivity contribution < 1.29 is 86.3 Å². The highest BCUT2D eigenvalue weighted by molar-refractivity contribution is 5.99. The van der Waals surface area contributed by atoms with Gasteiger partial charge in [0, 0.05) is 19.9 Å². The Morgan fingerprint density at radius 3 is 1.53 bits per heavy atom. The number of nitrogens with one attached hydrogen (secondary N) is 10. The third-order valence-corrected chi connectivity index (χ3v) is 11.1. The fourth-order valence-electron chi connectivity index (χ4n) is 7.16. The van der Waals surface area contributed by atoms with Crippen molar-refractivity contribution in [1.82, 2.24) is 53.2 Å². The lowest BCUT2D eigenvalue weighted by molar-refractivity contribution is -0.192. The molecule has 31 heteroatoms. The Kier molecular flexibility index (Phi) is 29.9. The number of hydrogen-bond donors (Lipinski definition) is 17. The minimum absolute atomic E-state index is 0.0533. The number of nitrogens with two attached hydrogens (primary N) is 3. The molecule has 28 nitrogen and oxygen atoms in total. The number of aliphatic carboxylic acids is 1. The first-order chi connectivity index (χ1) is 36.0. The van der Waals surface area contributed by atoms with E-state index < -0.39 is 157 Å². The third kappa shape index (κ3) is 24.7. The van der Waals surface area contributed by atoms with Crippen molar-refractivity contribution in [2.45, 2.75) is 146 Å². The molecule has 2 rings (SSSR count). The molecule has 1 aromatic rings. The molecular weight excluding hydrogens is 1030 g/mol. The Balaban J connectivity index is 0.00000394. The number of carboxylic acid groups (broad SMARTS) is 1. The van der Waals surface area contributed by atoms with Gasteiger partial charge in [-0.05, 0) is 77.1 Å². The topological polar surface area (TPSA) is 467 Å². The van der Waals surface area contributed by atoms with Crippen molar-refractivity contribution >= 4 is 65.0 Å². The standard InChI is InChI=1S/C44H73N13O13.C2HF3O2/c1-22(2)19-31-40(66)52-27(11-15-45)36(62)51-29(13-17-47)39(65)57-34(23(3)59)43(69)48-18-14-30(53-42(68)33(21-58)56-44(70)35(24(4)60)49-25(5)61)38(64)50-28(12-16-46)37(63)55-32(41(67)54-31)20-26-9-7-6-8-10-26;3-2(4,5)1(6)7/h6-10,22-24,27-35,58-60H,11-21,45-47H2,1-5H3,(H,48,69)(H,49,61)(H,50,64)(H,51,62)(H,52,66)(H,53,68)(H,54,67)(H,55,63)(H,56,70)(H,57,65);(H,6,7)/t23-,24-,27+,28+,29+,30+,31+,32-,33-,34+,35+;/m1./s1. The van der Waals surface area contributed by atoms with Gasteiger partial charge in [-0.3, -0.25) is 47.9 Å². The Morgan fingerprint density at radius 1 is 0.662 bits per heavy atom. The maximum absolute atomic E-state index is 14.2. The molecule has 0 radical (unpaired) electrons. The first-order valence-electron chi connectivity index (χ1n) is 24.4. The number of aliphatic hydroxyl groups is 3. The maximum atomic E-state index is 14.2. The van der Waals surface area contributed by atoms with Crippen LogP contribution >= 0.6 is 0 Å². The number of amides is 10. The van der Waals surface area contributed by atoms with Gasteiger partial charge in [0.1, 0.15) is 54.4 Å². The molecule has 0 bridgehead atoms. The third-order valence-electron chi connectivity index (χ3n) is 11.1. The summed E-state index contributed by atoms with van der Waals surface area (Å²) in [7, 11) is 0. The van der Waals surface area contributed by atoms with Crippen LogP contribution in [-0.2, 0) is 59.2 Å². The molecule has 10 amide bonds. The van der Waals surface area contributed by atoms with Crippen molar-refractivity contribution in [3.05, 3.63) is 35.9 Å². The molecule has 1 aliphatic heterocycles. The summed E-state index contributed by atoms with van der Waals surface area (Å²) in [6.07, 6.45) is -9.13.